The molecule has 0 fully saturated rings. The molecule has 0 bridgehead atoms. The Morgan fingerprint density at radius 2 is 2.20 bits per heavy atom. The Kier molecular flexibility index (Phi) is 6.10. The molecule has 2 rings (SSSR count). The molecule has 0 radical (unpaired) electrons. The summed E-state index contributed by atoms with van der Waals surface area (Å²) in [5, 5.41) is 8.62. The molecule has 110 valence electrons. The molecule has 2 aromatic heterocycles. The van der Waals surface area contributed by atoms with E-state index in [0.29, 0.717) is 5.02 Å². The molecule has 1 N–H and O–H groups in total. The van der Waals surface area contributed by atoms with Crippen molar-refractivity contribution in [1.82, 2.24) is 15.1 Å². The lowest BCUT2D eigenvalue weighted by Gasteiger charge is -2.20. The van der Waals surface area contributed by atoms with E-state index >= 15 is 0 Å². The van der Waals surface area contributed by atoms with E-state index in [-0.39, 0.29) is 6.04 Å². The summed E-state index contributed by atoms with van der Waals surface area (Å²) in [7, 11) is 0. The average Bonchev–Trinajstić information content (AvgIpc) is 2.94. The number of nitrogens with one attached hydrogen (secondary N) is 1. The first-order chi connectivity index (χ1) is 9.58. The van der Waals surface area contributed by atoms with Crippen LogP contribution in [0.2, 0.25) is 5.02 Å². The summed E-state index contributed by atoms with van der Waals surface area (Å²) < 4.78 is 4.16. The van der Waals surface area contributed by atoms with Gasteiger partial charge in [0.1, 0.15) is 0 Å². The third kappa shape index (κ3) is 3.47. The van der Waals surface area contributed by atoms with Crippen molar-refractivity contribution in [1.29, 1.82) is 0 Å². The molecule has 2 aromatic rings. The van der Waals surface area contributed by atoms with E-state index in [4.69, 9.17) is 11.6 Å². The lowest BCUT2D eigenvalue weighted by molar-refractivity contribution is 0.530. The van der Waals surface area contributed by atoms with Crippen LogP contribution in [0.1, 0.15) is 37.6 Å². The number of rotatable bonds is 6. The predicted octanol–water partition coefficient (Wildman–Crippen LogP) is 5.23. The number of aromatic nitrogens is 2. The topological polar surface area (TPSA) is 29.9 Å². The second-order valence-electron chi connectivity index (χ2n) is 4.36. The summed E-state index contributed by atoms with van der Waals surface area (Å²) in [5.74, 6) is 0. The zero-order valence-corrected chi connectivity index (χ0v) is 16.0. The van der Waals surface area contributed by atoms with Gasteiger partial charge in [0.15, 0.2) is 0 Å². The van der Waals surface area contributed by atoms with Gasteiger partial charge in [0.05, 0.1) is 30.5 Å². The Hall–Kier alpha value is 0.120. The van der Waals surface area contributed by atoms with Gasteiger partial charge in [-0.1, -0.05) is 18.5 Å². The average molecular weight is 442 g/mol. The van der Waals surface area contributed by atoms with Crippen LogP contribution < -0.4 is 5.32 Å². The molecule has 0 amide bonds. The van der Waals surface area contributed by atoms with Gasteiger partial charge in [-0.15, -0.1) is 11.3 Å². The molecular weight excluding hydrogens is 425 g/mol. The van der Waals surface area contributed by atoms with Gasteiger partial charge in [-0.3, -0.25) is 4.68 Å². The summed E-state index contributed by atoms with van der Waals surface area (Å²) in [4.78, 5) is 0. The minimum absolute atomic E-state index is 0.0434. The van der Waals surface area contributed by atoms with Crippen molar-refractivity contribution in [2.45, 2.75) is 32.9 Å². The highest BCUT2D eigenvalue weighted by atomic mass is 79.9. The summed E-state index contributed by atoms with van der Waals surface area (Å²) in [6, 6.07) is 2.17. The quantitative estimate of drug-likeness (QED) is 0.665. The molecular formula is C13H16Br2ClN3S. The Balaban J connectivity index is 2.46. The van der Waals surface area contributed by atoms with Gasteiger partial charge in [0.25, 0.3) is 0 Å². The van der Waals surface area contributed by atoms with Crippen LogP contribution in [-0.4, -0.2) is 16.3 Å². The van der Waals surface area contributed by atoms with E-state index in [2.05, 4.69) is 62.2 Å². The van der Waals surface area contributed by atoms with Gasteiger partial charge in [-0.25, -0.2) is 0 Å². The number of halogens is 3. The zero-order valence-electron chi connectivity index (χ0n) is 11.3. The van der Waals surface area contributed by atoms with Crippen LogP contribution in [0.25, 0.3) is 0 Å². The maximum absolute atomic E-state index is 6.36. The number of thiophene rings is 1. The van der Waals surface area contributed by atoms with E-state index < -0.39 is 0 Å². The monoisotopic (exact) mass is 439 g/mol. The van der Waals surface area contributed by atoms with Crippen molar-refractivity contribution in [3.63, 3.8) is 0 Å². The van der Waals surface area contributed by atoms with Crippen LogP contribution in [0, 0.1) is 0 Å². The van der Waals surface area contributed by atoms with E-state index in [1.54, 1.807) is 17.5 Å². The second kappa shape index (κ2) is 7.40. The van der Waals surface area contributed by atoms with Crippen molar-refractivity contribution in [2.75, 3.05) is 6.54 Å². The van der Waals surface area contributed by atoms with Crippen LogP contribution >= 0.6 is 54.8 Å². The Bertz CT molecular complexity index is 582. The van der Waals surface area contributed by atoms with Gasteiger partial charge in [0.2, 0.25) is 0 Å². The van der Waals surface area contributed by atoms with Crippen molar-refractivity contribution >= 4 is 54.8 Å². The normalized spacial score (nSPS) is 12.8. The van der Waals surface area contributed by atoms with Crippen LogP contribution in [0.15, 0.2) is 19.8 Å². The highest BCUT2D eigenvalue weighted by Gasteiger charge is 2.24. The summed E-state index contributed by atoms with van der Waals surface area (Å²) in [6.07, 6.45) is 2.79. The van der Waals surface area contributed by atoms with Gasteiger partial charge < -0.3 is 5.32 Å². The lowest BCUT2D eigenvalue weighted by Crippen LogP contribution is -2.26. The van der Waals surface area contributed by atoms with Gasteiger partial charge >= 0.3 is 0 Å². The third-order valence-electron chi connectivity index (χ3n) is 3.00. The fraction of sp³-hybridized carbons (Fsp3) is 0.462. The van der Waals surface area contributed by atoms with E-state index in [0.717, 1.165) is 32.8 Å². The SMILES string of the molecule is CCCNC(c1cc(Br)sc1Br)c1c(Cl)cnn1CC. The Labute approximate surface area is 145 Å². The van der Waals surface area contributed by atoms with Gasteiger partial charge in [0, 0.05) is 12.1 Å². The fourth-order valence-electron chi connectivity index (χ4n) is 2.10. The summed E-state index contributed by atoms with van der Waals surface area (Å²) in [6.45, 7) is 5.95. The molecule has 7 heteroatoms. The highest BCUT2D eigenvalue weighted by Crippen LogP contribution is 2.39. The van der Waals surface area contributed by atoms with Crippen LogP contribution in [0.3, 0.4) is 0 Å². The molecule has 0 aliphatic carbocycles. The first kappa shape index (κ1) is 16.5. The second-order valence-corrected chi connectivity index (χ2v) is 8.52. The number of hydrogen-bond donors (Lipinski definition) is 1. The number of aryl methyl sites for hydroxylation is 1. The zero-order chi connectivity index (χ0) is 14.7. The largest absolute Gasteiger partial charge is 0.305 e. The lowest BCUT2D eigenvalue weighted by atomic mass is 10.1. The Morgan fingerprint density at radius 3 is 2.75 bits per heavy atom. The van der Waals surface area contributed by atoms with Gasteiger partial charge in [-0.2, -0.15) is 5.10 Å². The summed E-state index contributed by atoms with van der Waals surface area (Å²) >= 11 is 15.2. The maximum Gasteiger partial charge on any atom is 0.0837 e. The fourth-order valence-corrected chi connectivity index (χ4v) is 5.26. The van der Waals surface area contributed by atoms with Crippen molar-refractivity contribution in [2.24, 2.45) is 0 Å². The highest BCUT2D eigenvalue weighted by molar-refractivity contribution is 9.12. The first-order valence-corrected chi connectivity index (χ1v) is 9.25. The van der Waals surface area contributed by atoms with E-state index in [9.17, 15) is 0 Å². The first-order valence-electron chi connectivity index (χ1n) is 6.47. The van der Waals surface area contributed by atoms with Crippen molar-refractivity contribution < 1.29 is 0 Å². The molecule has 1 unspecified atom stereocenters. The van der Waals surface area contributed by atoms with Crippen LogP contribution in [0.5, 0.6) is 0 Å². The minimum atomic E-state index is 0.0434. The molecule has 0 spiro atoms. The molecule has 0 saturated heterocycles. The molecule has 20 heavy (non-hydrogen) atoms. The Morgan fingerprint density at radius 1 is 1.45 bits per heavy atom. The van der Waals surface area contributed by atoms with E-state index in [1.165, 1.54) is 5.56 Å². The molecule has 0 saturated carbocycles. The number of hydrogen-bond acceptors (Lipinski definition) is 3. The van der Waals surface area contributed by atoms with Crippen LogP contribution in [0.4, 0.5) is 0 Å². The minimum Gasteiger partial charge on any atom is -0.305 e. The standard InChI is InChI=1S/C13H16Br2ClN3S/c1-3-5-17-11(8-6-10(14)20-13(8)15)12-9(16)7-18-19(12)4-2/h6-7,11,17H,3-5H2,1-2H3. The molecule has 0 aliphatic rings. The molecule has 1 atom stereocenters. The summed E-state index contributed by atoms with van der Waals surface area (Å²) in [5.41, 5.74) is 2.21. The molecule has 3 nitrogen and oxygen atoms in total. The molecule has 0 aliphatic heterocycles. The van der Waals surface area contributed by atoms with Crippen LogP contribution in [-0.2, 0) is 6.54 Å². The maximum atomic E-state index is 6.36. The molecule has 0 aromatic carbocycles. The molecule has 2 heterocycles. The van der Waals surface area contributed by atoms with Gasteiger partial charge in [-0.05, 0) is 57.8 Å². The van der Waals surface area contributed by atoms with Crippen molar-refractivity contribution in [3.05, 3.63) is 36.1 Å². The van der Waals surface area contributed by atoms with Crippen molar-refractivity contribution in [3.8, 4) is 0 Å². The number of nitrogens with zero attached hydrogens (tertiary/aromatic N) is 2. The third-order valence-corrected chi connectivity index (χ3v) is 5.68. The van der Waals surface area contributed by atoms with E-state index in [1.807, 2.05) is 4.68 Å². The predicted molar refractivity (Wildman–Crippen MR) is 92.8 cm³/mol. The smallest absolute Gasteiger partial charge is 0.0837 e.